The van der Waals surface area contributed by atoms with Crippen LogP contribution >= 0.6 is 0 Å². The third-order valence-electron chi connectivity index (χ3n) is 4.79. The van der Waals surface area contributed by atoms with Gasteiger partial charge >= 0.3 is 0 Å². The number of piperazine rings is 2. The Bertz CT molecular complexity index is 402. The van der Waals surface area contributed by atoms with Gasteiger partial charge in [-0.25, -0.2) is 0 Å². The summed E-state index contributed by atoms with van der Waals surface area (Å²) in [6, 6.07) is -0.315. The van der Waals surface area contributed by atoms with Crippen molar-refractivity contribution in [3.63, 3.8) is 0 Å². The van der Waals surface area contributed by atoms with Gasteiger partial charge in [0.1, 0.15) is 0 Å². The number of hydrogen-bond donors (Lipinski definition) is 1. The molecule has 1 unspecified atom stereocenters. The second-order valence-electron chi connectivity index (χ2n) is 6.62. The minimum absolute atomic E-state index is 0.113. The van der Waals surface area contributed by atoms with Crippen LogP contribution in [-0.4, -0.2) is 85.4 Å². The first-order valence-corrected chi connectivity index (χ1v) is 8.12. The fourth-order valence-electron chi connectivity index (χ4n) is 3.10. The zero-order valence-corrected chi connectivity index (χ0v) is 12.9. The van der Waals surface area contributed by atoms with Crippen LogP contribution in [0.25, 0.3) is 0 Å². The minimum Gasteiger partial charge on any atom is -0.340 e. The van der Waals surface area contributed by atoms with E-state index in [0.29, 0.717) is 12.3 Å². The maximum absolute atomic E-state index is 12.4. The molecule has 0 radical (unpaired) electrons. The molecule has 3 fully saturated rings. The van der Waals surface area contributed by atoms with Crippen molar-refractivity contribution in [1.29, 1.82) is 0 Å². The van der Waals surface area contributed by atoms with E-state index >= 15 is 0 Å². The van der Waals surface area contributed by atoms with E-state index in [9.17, 15) is 9.59 Å². The Balaban J connectivity index is 1.51. The molecular formula is C15H26N4O2. The second-order valence-corrected chi connectivity index (χ2v) is 6.62. The third kappa shape index (κ3) is 3.74. The zero-order valence-electron chi connectivity index (χ0n) is 12.9. The molecule has 118 valence electrons. The normalized spacial score (nSPS) is 28.0. The van der Waals surface area contributed by atoms with Gasteiger partial charge in [-0.1, -0.05) is 0 Å². The van der Waals surface area contributed by atoms with Crippen molar-refractivity contribution in [2.45, 2.75) is 25.3 Å². The smallest absolute Gasteiger partial charge is 0.240 e. The molecule has 1 aliphatic carbocycles. The number of nitrogens with one attached hydrogen (secondary N) is 1. The summed E-state index contributed by atoms with van der Waals surface area (Å²) in [6.07, 6.45) is 2.81. The molecule has 0 aromatic heterocycles. The predicted molar refractivity (Wildman–Crippen MR) is 79.8 cm³/mol. The summed E-state index contributed by atoms with van der Waals surface area (Å²) in [5, 5.41) is 3.22. The molecule has 1 N–H and O–H groups in total. The summed E-state index contributed by atoms with van der Waals surface area (Å²) in [5.74, 6) is 0.943. The van der Waals surface area contributed by atoms with Crippen LogP contribution < -0.4 is 5.32 Å². The number of amides is 2. The maximum Gasteiger partial charge on any atom is 0.240 e. The molecule has 3 aliphatic rings. The minimum atomic E-state index is -0.315. The lowest BCUT2D eigenvalue weighted by Gasteiger charge is -2.36. The summed E-state index contributed by atoms with van der Waals surface area (Å²) < 4.78 is 0. The summed E-state index contributed by atoms with van der Waals surface area (Å²) in [7, 11) is 2.07. The highest BCUT2D eigenvalue weighted by Crippen LogP contribution is 2.30. The molecule has 1 atom stereocenters. The Morgan fingerprint density at radius 2 is 1.90 bits per heavy atom. The van der Waals surface area contributed by atoms with Crippen LogP contribution in [0.2, 0.25) is 0 Å². The fourth-order valence-corrected chi connectivity index (χ4v) is 3.10. The lowest BCUT2D eigenvalue weighted by molar-refractivity contribution is -0.141. The van der Waals surface area contributed by atoms with E-state index in [1.54, 1.807) is 0 Å². The van der Waals surface area contributed by atoms with E-state index in [0.717, 1.165) is 45.8 Å². The zero-order chi connectivity index (χ0) is 14.8. The first-order valence-electron chi connectivity index (χ1n) is 8.12. The van der Waals surface area contributed by atoms with Gasteiger partial charge in [0.05, 0.1) is 12.5 Å². The average molecular weight is 294 g/mol. The molecule has 0 aromatic carbocycles. The number of likely N-dealkylation sites (N-methyl/N-ethyl adjacent to an activating group) is 1. The fraction of sp³-hybridized carbons (Fsp3) is 0.867. The number of nitrogens with zero attached hydrogens (tertiary/aromatic N) is 3. The van der Waals surface area contributed by atoms with Crippen LogP contribution in [0.15, 0.2) is 0 Å². The Hall–Kier alpha value is -1.14. The van der Waals surface area contributed by atoms with E-state index in [1.807, 2.05) is 9.80 Å². The second kappa shape index (κ2) is 6.32. The highest BCUT2D eigenvalue weighted by molar-refractivity contribution is 5.89. The van der Waals surface area contributed by atoms with Crippen molar-refractivity contribution in [2.75, 3.05) is 52.9 Å². The van der Waals surface area contributed by atoms with Crippen LogP contribution in [0.1, 0.15) is 19.3 Å². The summed E-state index contributed by atoms with van der Waals surface area (Å²) in [6.45, 7) is 5.88. The largest absolute Gasteiger partial charge is 0.340 e. The van der Waals surface area contributed by atoms with Gasteiger partial charge in [0, 0.05) is 45.8 Å². The van der Waals surface area contributed by atoms with Gasteiger partial charge in [-0.05, 0) is 25.8 Å². The molecule has 2 amide bonds. The van der Waals surface area contributed by atoms with Crippen molar-refractivity contribution < 1.29 is 9.59 Å². The number of carbonyl (C=O) groups excluding carboxylic acids is 2. The van der Waals surface area contributed by atoms with Crippen molar-refractivity contribution >= 4 is 11.8 Å². The van der Waals surface area contributed by atoms with Crippen molar-refractivity contribution in [2.24, 2.45) is 5.92 Å². The van der Waals surface area contributed by atoms with Gasteiger partial charge in [0.2, 0.25) is 11.8 Å². The molecule has 0 bridgehead atoms. The van der Waals surface area contributed by atoms with Crippen molar-refractivity contribution in [3.8, 4) is 0 Å². The standard InChI is InChI=1S/C15H26N4O2/c1-17-6-8-18(9-7-17)14(20)10-13-15(21)19(5-4-16-13)11-12-2-3-12/h12-13,16H,2-11H2,1H3. The monoisotopic (exact) mass is 294 g/mol. The lowest BCUT2D eigenvalue weighted by Crippen LogP contribution is -2.57. The van der Waals surface area contributed by atoms with Crippen LogP contribution in [0.5, 0.6) is 0 Å². The van der Waals surface area contributed by atoms with Gasteiger partial charge in [-0.15, -0.1) is 0 Å². The lowest BCUT2D eigenvalue weighted by atomic mass is 10.1. The van der Waals surface area contributed by atoms with Gasteiger partial charge in [-0.2, -0.15) is 0 Å². The van der Waals surface area contributed by atoms with Gasteiger partial charge in [0.25, 0.3) is 0 Å². The highest BCUT2D eigenvalue weighted by Gasteiger charge is 2.34. The Labute approximate surface area is 126 Å². The van der Waals surface area contributed by atoms with Crippen molar-refractivity contribution in [1.82, 2.24) is 20.0 Å². The molecule has 21 heavy (non-hydrogen) atoms. The number of rotatable bonds is 4. The van der Waals surface area contributed by atoms with Crippen LogP contribution in [0, 0.1) is 5.92 Å². The molecule has 0 spiro atoms. The molecule has 6 nitrogen and oxygen atoms in total. The molecule has 3 rings (SSSR count). The van der Waals surface area contributed by atoms with E-state index in [1.165, 1.54) is 12.8 Å². The average Bonchev–Trinajstić information content (AvgIpc) is 3.28. The topological polar surface area (TPSA) is 55.9 Å². The van der Waals surface area contributed by atoms with E-state index in [-0.39, 0.29) is 17.9 Å². The summed E-state index contributed by atoms with van der Waals surface area (Å²) in [5.41, 5.74) is 0. The quantitative estimate of drug-likeness (QED) is 0.749. The predicted octanol–water partition coefficient (Wildman–Crippen LogP) is -0.639. The molecule has 2 heterocycles. The SMILES string of the molecule is CN1CCN(C(=O)CC2NCCN(CC3CC3)C2=O)CC1. The Morgan fingerprint density at radius 3 is 2.57 bits per heavy atom. The molecule has 0 aromatic rings. The number of hydrogen-bond acceptors (Lipinski definition) is 4. The van der Waals surface area contributed by atoms with Crippen LogP contribution in [0.3, 0.4) is 0 Å². The van der Waals surface area contributed by atoms with Crippen LogP contribution in [0.4, 0.5) is 0 Å². The molecule has 6 heteroatoms. The van der Waals surface area contributed by atoms with E-state index in [2.05, 4.69) is 17.3 Å². The number of carbonyl (C=O) groups is 2. The van der Waals surface area contributed by atoms with Crippen LogP contribution in [-0.2, 0) is 9.59 Å². The molecule has 1 saturated carbocycles. The third-order valence-corrected chi connectivity index (χ3v) is 4.79. The Morgan fingerprint density at radius 1 is 1.19 bits per heavy atom. The summed E-state index contributed by atoms with van der Waals surface area (Å²) >= 11 is 0. The summed E-state index contributed by atoms with van der Waals surface area (Å²) in [4.78, 5) is 30.9. The first kappa shape index (κ1) is 14.8. The van der Waals surface area contributed by atoms with Gasteiger partial charge in [0.15, 0.2) is 0 Å². The highest BCUT2D eigenvalue weighted by atomic mass is 16.2. The molecular weight excluding hydrogens is 268 g/mol. The van der Waals surface area contributed by atoms with E-state index in [4.69, 9.17) is 0 Å². The Kier molecular flexibility index (Phi) is 4.45. The molecule has 2 aliphatic heterocycles. The van der Waals surface area contributed by atoms with Crippen molar-refractivity contribution in [3.05, 3.63) is 0 Å². The molecule has 2 saturated heterocycles. The maximum atomic E-state index is 12.4. The van der Waals surface area contributed by atoms with E-state index < -0.39 is 0 Å². The van der Waals surface area contributed by atoms with Gasteiger partial charge < -0.3 is 20.0 Å². The van der Waals surface area contributed by atoms with Gasteiger partial charge in [-0.3, -0.25) is 9.59 Å². The first-order chi connectivity index (χ1) is 10.1.